The number of amides is 1. The monoisotopic (exact) mass is 245 g/mol. The number of alkyl halides is 5. The molecule has 7 heteroatoms. The largest absolute Gasteiger partial charge is 0.463 e. The third-order valence-electron chi connectivity index (χ3n) is 2.77. The summed E-state index contributed by atoms with van der Waals surface area (Å²) in [5.41, 5.74) is -0.939. The quantitative estimate of drug-likeness (QED) is 0.650. The van der Waals surface area contributed by atoms with Gasteiger partial charge in [0.2, 0.25) is 0 Å². The van der Waals surface area contributed by atoms with Crippen LogP contribution in [0.25, 0.3) is 0 Å². The lowest BCUT2D eigenvalue weighted by molar-refractivity contribution is -0.275. The van der Waals surface area contributed by atoms with Crippen molar-refractivity contribution in [3.05, 3.63) is 0 Å². The molecule has 2 nitrogen and oxygen atoms in total. The van der Waals surface area contributed by atoms with Gasteiger partial charge in [0.15, 0.2) is 0 Å². The number of likely N-dealkylation sites (tertiary alicyclic amines) is 1. The lowest BCUT2D eigenvalue weighted by Crippen LogP contribution is -2.56. The van der Waals surface area contributed by atoms with Gasteiger partial charge in [-0.2, -0.15) is 22.0 Å². The lowest BCUT2D eigenvalue weighted by atomic mass is 10.0. The Morgan fingerprint density at radius 2 is 1.69 bits per heavy atom. The molecule has 1 rings (SSSR count). The number of carbonyl (C=O) groups excluding carboxylic acids is 1. The van der Waals surface area contributed by atoms with Crippen LogP contribution in [0.2, 0.25) is 0 Å². The molecule has 94 valence electrons. The van der Waals surface area contributed by atoms with Gasteiger partial charge in [-0.15, -0.1) is 0 Å². The first kappa shape index (κ1) is 13.2. The van der Waals surface area contributed by atoms with Gasteiger partial charge in [0.25, 0.3) is 0 Å². The maximum atomic E-state index is 12.8. The number of rotatable bonds is 1. The number of nitrogens with zero attached hydrogens (tertiary/aromatic N) is 1. The molecule has 0 aromatic carbocycles. The highest BCUT2D eigenvalue weighted by Gasteiger charge is 2.65. The van der Waals surface area contributed by atoms with E-state index in [0.717, 1.165) is 0 Å². The molecule has 0 spiro atoms. The van der Waals surface area contributed by atoms with Gasteiger partial charge in [0, 0.05) is 12.1 Å². The summed E-state index contributed by atoms with van der Waals surface area (Å²) in [5.74, 6) is -7.45. The molecule has 16 heavy (non-hydrogen) atoms. The molecule has 1 aliphatic rings. The Labute approximate surface area is 89.4 Å². The van der Waals surface area contributed by atoms with Crippen LogP contribution >= 0.6 is 0 Å². The van der Waals surface area contributed by atoms with Gasteiger partial charge < -0.3 is 4.90 Å². The van der Waals surface area contributed by atoms with Gasteiger partial charge in [-0.3, -0.25) is 4.79 Å². The van der Waals surface area contributed by atoms with Crippen molar-refractivity contribution in [1.82, 2.24) is 4.90 Å². The summed E-state index contributed by atoms with van der Waals surface area (Å²) >= 11 is 0. The minimum atomic E-state index is -5.83. The van der Waals surface area contributed by atoms with E-state index in [4.69, 9.17) is 0 Å². The number of hydrogen-bond acceptors (Lipinski definition) is 1. The van der Waals surface area contributed by atoms with Crippen molar-refractivity contribution >= 4 is 5.91 Å². The first-order chi connectivity index (χ1) is 7.00. The van der Waals surface area contributed by atoms with E-state index in [1.165, 1.54) is 13.8 Å². The van der Waals surface area contributed by atoms with E-state index in [9.17, 15) is 26.7 Å². The highest BCUT2D eigenvalue weighted by Crippen LogP contribution is 2.40. The first-order valence-corrected chi connectivity index (χ1v) is 4.77. The summed E-state index contributed by atoms with van der Waals surface area (Å²) in [4.78, 5) is 11.8. The van der Waals surface area contributed by atoms with Gasteiger partial charge in [0.1, 0.15) is 0 Å². The first-order valence-electron chi connectivity index (χ1n) is 4.77. The number of hydrogen-bond donors (Lipinski definition) is 0. The maximum absolute atomic E-state index is 12.8. The molecule has 0 unspecified atom stereocenters. The van der Waals surface area contributed by atoms with Crippen LogP contribution in [0.1, 0.15) is 26.7 Å². The van der Waals surface area contributed by atoms with E-state index in [0.29, 0.717) is 17.7 Å². The van der Waals surface area contributed by atoms with Crippen LogP contribution < -0.4 is 0 Å². The molecule has 0 N–H and O–H groups in total. The van der Waals surface area contributed by atoms with Gasteiger partial charge in [-0.25, -0.2) is 0 Å². The van der Waals surface area contributed by atoms with Crippen molar-refractivity contribution in [2.45, 2.75) is 44.3 Å². The van der Waals surface area contributed by atoms with E-state index in [1.807, 2.05) is 0 Å². The Bertz CT molecular complexity index is 297. The van der Waals surface area contributed by atoms with Crippen LogP contribution in [0.4, 0.5) is 22.0 Å². The van der Waals surface area contributed by atoms with Gasteiger partial charge >= 0.3 is 18.0 Å². The zero-order valence-electron chi connectivity index (χ0n) is 8.87. The molecular weight excluding hydrogens is 233 g/mol. The summed E-state index contributed by atoms with van der Waals surface area (Å²) < 4.78 is 61.6. The average Bonchev–Trinajstić information content (AvgIpc) is 2.41. The molecule has 0 radical (unpaired) electrons. The zero-order chi connectivity index (χ0) is 12.8. The van der Waals surface area contributed by atoms with Crippen molar-refractivity contribution in [1.29, 1.82) is 0 Å². The fraction of sp³-hybridized carbons (Fsp3) is 0.889. The van der Waals surface area contributed by atoms with Crippen molar-refractivity contribution in [3.63, 3.8) is 0 Å². The molecule has 0 aromatic heterocycles. The predicted octanol–water partition coefficient (Wildman–Crippen LogP) is 2.59. The van der Waals surface area contributed by atoms with E-state index in [-0.39, 0.29) is 6.54 Å². The molecule has 1 saturated heterocycles. The van der Waals surface area contributed by atoms with Crippen LogP contribution in [-0.4, -0.2) is 35.0 Å². The second-order valence-corrected chi connectivity index (χ2v) is 4.44. The van der Waals surface area contributed by atoms with Crippen LogP contribution in [0.15, 0.2) is 0 Å². The SMILES string of the molecule is CC1(C)CCCN1C(=O)C(F)(F)C(F)(F)F. The smallest absolute Gasteiger partial charge is 0.332 e. The molecule has 1 aliphatic heterocycles. The fourth-order valence-electron chi connectivity index (χ4n) is 1.77. The van der Waals surface area contributed by atoms with E-state index < -0.39 is 23.5 Å². The minimum absolute atomic E-state index is 0.0580. The molecule has 1 amide bonds. The normalized spacial score (nSPS) is 21.3. The minimum Gasteiger partial charge on any atom is -0.332 e. The second-order valence-electron chi connectivity index (χ2n) is 4.44. The van der Waals surface area contributed by atoms with Crippen LogP contribution in [-0.2, 0) is 4.79 Å². The highest BCUT2D eigenvalue weighted by atomic mass is 19.4. The Morgan fingerprint density at radius 3 is 2.00 bits per heavy atom. The molecule has 0 aromatic rings. The van der Waals surface area contributed by atoms with Gasteiger partial charge in [-0.1, -0.05) is 0 Å². The Balaban J connectivity index is 2.95. The topological polar surface area (TPSA) is 20.3 Å². The van der Waals surface area contributed by atoms with Crippen molar-refractivity contribution in [3.8, 4) is 0 Å². The molecule has 0 aliphatic carbocycles. The summed E-state index contributed by atoms with van der Waals surface area (Å²) in [6, 6.07) is 0. The third-order valence-corrected chi connectivity index (χ3v) is 2.77. The summed E-state index contributed by atoms with van der Waals surface area (Å²) in [6.45, 7) is 2.90. The highest BCUT2D eigenvalue weighted by molar-refractivity contribution is 5.85. The standard InChI is InChI=1S/C9H12F5NO/c1-7(2)4-3-5-15(7)6(16)8(10,11)9(12,13)14/h3-5H2,1-2H3. The second kappa shape index (κ2) is 3.56. The Hall–Kier alpha value is -0.880. The van der Waals surface area contributed by atoms with Crippen molar-refractivity contribution < 1.29 is 26.7 Å². The van der Waals surface area contributed by atoms with Crippen LogP contribution in [0.3, 0.4) is 0 Å². The molecule has 1 fully saturated rings. The van der Waals surface area contributed by atoms with E-state index >= 15 is 0 Å². The lowest BCUT2D eigenvalue weighted by Gasteiger charge is -2.34. The summed E-state index contributed by atoms with van der Waals surface area (Å²) in [7, 11) is 0. The number of halogens is 5. The molecule has 0 saturated carbocycles. The zero-order valence-corrected chi connectivity index (χ0v) is 8.87. The molecule has 0 bridgehead atoms. The van der Waals surface area contributed by atoms with Crippen LogP contribution in [0, 0.1) is 0 Å². The Morgan fingerprint density at radius 1 is 1.19 bits per heavy atom. The molecular formula is C9H12F5NO. The van der Waals surface area contributed by atoms with Crippen molar-refractivity contribution in [2.24, 2.45) is 0 Å². The summed E-state index contributed by atoms with van der Waals surface area (Å²) in [5, 5.41) is 0. The van der Waals surface area contributed by atoms with Crippen LogP contribution in [0.5, 0.6) is 0 Å². The summed E-state index contributed by atoms with van der Waals surface area (Å²) in [6.07, 6.45) is -4.97. The number of carbonyl (C=O) groups is 1. The van der Waals surface area contributed by atoms with E-state index in [2.05, 4.69) is 0 Å². The fourth-order valence-corrected chi connectivity index (χ4v) is 1.77. The van der Waals surface area contributed by atoms with Gasteiger partial charge in [0.05, 0.1) is 0 Å². The maximum Gasteiger partial charge on any atom is 0.463 e. The average molecular weight is 245 g/mol. The Kier molecular flexibility index (Phi) is 2.94. The van der Waals surface area contributed by atoms with Crippen molar-refractivity contribution in [2.75, 3.05) is 6.54 Å². The third kappa shape index (κ3) is 1.99. The van der Waals surface area contributed by atoms with E-state index in [1.54, 1.807) is 0 Å². The molecule has 1 heterocycles. The predicted molar refractivity (Wildman–Crippen MR) is 46.0 cm³/mol. The molecule has 0 atom stereocenters. The van der Waals surface area contributed by atoms with Gasteiger partial charge in [-0.05, 0) is 26.7 Å².